The lowest BCUT2D eigenvalue weighted by molar-refractivity contribution is -0.135. The number of furan rings is 2. The fourth-order valence-electron chi connectivity index (χ4n) is 5.77. The molecule has 280 valence electrons. The summed E-state index contributed by atoms with van der Waals surface area (Å²) in [5.74, 6) is -0.740. The van der Waals surface area contributed by atoms with Crippen molar-refractivity contribution in [2.75, 3.05) is 42.5 Å². The SMILES string of the molecule is CCN(CC)c1ccc(-c2cc3ccc(C=C(C#N)C(=O)O)cc3o2)cc1.CCN(CC)c1ccc(-c2cc3ccc(C=O)cc3o2)cc1.[C-]#[N+]CC(=O)O. The topological polar surface area (TPSA) is 153 Å². The largest absolute Gasteiger partial charge is 0.477 e. The van der Waals surface area contributed by atoms with Crippen LogP contribution in [0.1, 0.15) is 43.6 Å². The van der Waals surface area contributed by atoms with Crippen LogP contribution in [0.15, 0.2) is 111 Å². The molecule has 6 aromatic rings. The van der Waals surface area contributed by atoms with Gasteiger partial charge in [-0.1, -0.05) is 24.3 Å². The van der Waals surface area contributed by atoms with Crippen molar-refractivity contribution >= 4 is 57.6 Å². The summed E-state index contributed by atoms with van der Waals surface area (Å²) in [7, 11) is 0. The molecule has 4 aromatic carbocycles. The Bertz CT molecular complexity index is 2350. The van der Waals surface area contributed by atoms with Gasteiger partial charge in [-0.3, -0.25) is 4.79 Å². The third-order valence-corrected chi connectivity index (χ3v) is 8.66. The molecule has 0 atom stereocenters. The highest BCUT2D eigenvalue weighted by Gasteiger charge is 2.11. The molecule has 2 N–H and O–H groups in total. The summed E-state index contributed by atoms with van der Waals surface area (Å²) in [6, 6.07) is 33.1. The minimum Gasteiger partial charge on any atom is -0.477 e. The lowest BCUT2D eigenvalue weighted by atomic mass is 10.1. The molecule has 0 bridgehead atoms. The van der Waals surface area contributed by atoms with Crippen molar-refractivity contribution in [3.8, 4) is 28.7 Å². The molecule has 0 aliphatic carbocycles. The van der Waals surface area contributed by atoms with Crippen LogP contribution in [0.3, 0.4) is 0 Å². The summed E-state index contributed by atoms with van der Waals surface area (Å²) < 4.78 is 11.8. The molecule has 2 aromatic heterocycles. The zero-order valence-corrected chi connectivity index (χ0v) is 31.2. The second-order valence-electron chi connectivity index (χ2n) is 12.1. The van der Waals surface area contributed by atoms with E-state index in [-0.39, 0.29) is 5.57 Å². The molecule has 11 heteroatoms. The highest BCUT2D eigenvalue weighted by atomic mass is 16.4. The van der Waals surface area contributed by atoms with E-state index in [9.17, 15) is 14.4 Å². The summed E-state index contributed by atoms with van der Waals surface area (Å²) in [5, 5.41) is 27.5. The fourth-order valence-corrected chi connectivity index (χ4v) is 5.77. The molecular weight excluding hydrogens is 697 g/mol. The molecule has 0 saturated carbocycles. The smallest absolute Gasteiger partial charge is 0.384 e. The van der Waals surface area contributed by atoms with E-state index in [1.807, 2.05) is 36.4 Å². The zero-order chi connectivity index (χ0) is 39.9. The van der Waals surface area contributed by atoms with Crippen LogP contribution in [0, 0.1) is 17.9 Å². The normalized spacial score (nSPS) is 10.6. The van der Waals surface area contributed by atoms with Gasteiger partial charge in [-0.25, -0.2) is 16.2 Å². The Morgan fingerprint density at radius 2 is 1.15 bits per heavy atom. The van der Waals surface area contributed by atoms with E-state index in [1.54, 1.807) is 30.3 Å². The molecule has 11 nitrogen and oxygen atoms in total. The van der Waals surface area contributed by atoms with Crippen molar-refractivity contribution in [1.82, 2.24) is 0 Å². The number of rotatable bonds is 12. The van der Waals surface area contributed by atoms with Crippen molar-refractivity contribution in [1.29, 1.82) is 5.26 Å². The molecule has 6 rings (SSSR count). The van der Waals surface area contributed by atoms with Crippen LogP contribution in [-0.4, -0.2) is 61.2 Å². The van der Waals surface area contributed by atoms with Gasteiger partial charge in [0.1, 0.15) is 40.6 Å². The second kappa shape index (κ2) is 19.6. The molecule has 0 aliphatic rings. The molecule has 2 heterocycles. The number of hydrogen-bond donors (Lipinski definition) is 2. The van der Waals surface area contributed by atoms with E-state index in [1.165, 1.54) is 17.5 Å². The minimum atomic E-state index is -1.24. The van der Waals surface area contributed by atoms with Gasteiger partial charge >= 0.3 is 18.5 Å². The van der Waals surface area contributed by atoms with Crippen LogP contribution in [0.25, 0.3) is 55.5 Å². The molecule has 55 heavy (non-hydrogen) atoms. The van der Waals surface area contributed by atoms with E-state index >= 15 is 0 Å². The third kappa shape index (κ3) is 10.7. The highest BCUT2D eigenvalue weighted by Crippen LogP contribution is 2.31. The predicted octanol–water partition coefficient (Wildman–Crippen LogP) is 9.69. The van der Waals surface area contributed by atoms with Gasteiger partial charge in [0.15, 0.2) is 0 Å². The number of carbonyl (C=O) groups is 3. The maximum atomic E-state index is 11.0. The van der Waals surface area contributed by atoms with Gasteiger partial charge in [-0.2, -0.15) is 5.26 Å². The number of benzene rings is 4. The number of carbonyl (C=O) groups excluding carboxylic acids is 1. The number of carboxylic acid groups (broad SMARTS) is 2. The van der Waals surface area contributed by atoms with E-state index in [0.29, 0.717) is 16.7 Å². The van der Waals surface area contributed by atoms with E-state index in [4.69, 9.17) is 30.9 Å². The predicted molar refractivity (Wildman–Crippen MR) is 216 cm³/mol. The quantitative estimate of drug-likeness (QED) is 0.0537. The Hall–Kier alpha value is -7.11. The molecule has 0 aliphatic heterocycles. The first kappa shape index (κ1) is 40.7. The second-order valence-corrected chi connectivity index (χ2v) is 12.1. The van der Waals surface area contributed by atoms with Crippen LogP contribution in [-0.2, 0) is 9.59 Å². The van der Waals surface area contributed by atoms with Crippen molar-refractivity contribution in [3.05, 3.63) is 125 Å². The Balaban J connectivity index is 0.000000216. The standard InChI is InChI=1S/C22H20N2O3.C19H19NO2.C3H3NO2/c1-3-24(4-2)19-9-7-16(8-10-19)21-13-17-6-5-15(12-20(17)27-21)11-18(14-23)22(25)26;1-3-20(4-2)17-9-7-15(8-10-17)19-12-16-6-5-14(13-21)11-18(16)22-19;1-4-2-3(5)6/h5-13H,3-4H2,1-2H3,(H,25,26);5-13H,3-4H2,1-2H3;2H2,(H,5,6). The molecule has 0 radical (unpaired) electrons. The van der Waals surface area contributed by atoms with Gasteiger partial charge < -0.3 is 33.7 Å². The highest BCUT2D eigenvalue weighted by molar-refractivity contribution is 5.97. The number of carboxylic acids is 2. The fraction of sp³-hybridized carbons (Fsp3) is 0.205. The number of aliphatic carboxylic acids is 2. The molecule has 0 unspecified atom stereocenters. The maximum Gasteiger partial charge on any atom is 0.384 e. The molecular formula is C44H42N4O7. The Labute approximate surface area is 319 Å². The molecule has 0 spiro atoms. The molecule has 0 fully saturated rings. The van der Waals surface area contributed by atoms with Crippen molar-refractivity contribution in [2.24, 2.45) is 0 Å². The van der Waals surface area contributed by atoms with Crippen LogP contribution in [0.4, 0.5) is 11.4 Å². The van der Waals surface area contributed by atoms with Gasteiger partial charge in [-0.05, 0) is 112 Å². The van der Waals surface area contributed by atoms with Gasteiger partial charge in [0.25, 0.3) is 0 Å². The summed E-state index contributed by atoms with van der Waals surface area (Å²) >= 11 is 0. The third-order valence-electron chi connectivity index (χ3n) is 8.66. The molecule has 0 saturated heterocycles. The molecule has 0 amide bonds. The monoisotopic (exact) mass is 738 g/mol. The first-order valence-corrected chi connectivity index (χ1v) is 17.7. The van der Waals surface area contributed by atoms with Gasteiger partial charge in [0.05, 0.1) is 0 Å². The van der Waals surface area contributed by atoms with E-state index < -0.39 is 18.5 Å². The summed E-state index contributed by atoms with van der Waals surface area (Å²) in [6.45, 7) is 18.0. The lowest BCUT2D eigenvalue weighted by Crippen LogP contribution is -2.21. The van der Waals surface area contributed by atoms with Gasteiger partial charge in [0, 0.05) is 65.0 Å². The van der Waals surface area contributed by atoms with Crippen LogP contribution < -0.4 is 9.80 Å². The summed E-state index contributed by atoms with van der Waals surface area (Å²) in [4.78, 5) is 38.4. The van der Waals surface area contributed by atoms with Crippen molar-refractivity contribution in [2.45, 2.75) is 27.7 Å². The first-order chi connectivity index (χ1) is 26.6. The van der Waals surface area contributed by atoms with E-state index in [0.717, 1.165) is 71.5 Å². The number of aldehydes is 1. The van der Waals surface area contributed by atoms with Crippen molar-refractivity contribution < 1.29 is 33.4 Å². The summed E-state index contributed by atoms with van der Waals surface area (Å²) in [6.07, 6.45) is 2.17. The number of fused-ring (bicyclic) bond motifs is 2. The number of nitrogens with zero attached hydrogens (tertiary/aromatic N) is 4. The van der Waals surface area contributed by atoms with E-state index in [2.05, 4.69) is 78.7 Å². The maximum absolute atomic E-state index is 11.0. The van der Waals surface area contributed by atoms with Crippen LogP contribution >= 0.6 is 0 Å². The average molecular weight is 739 g/mol. The lowest BCUT2D eigenvalue weighted by Gasteiger charge is -2.20. The Morgan fingerprint density at radius 3 is 1.49 bits per heavy atom. The first-order valence-electron chi connectivity index (χ1n) is 17.7. The number of nitriles is 1. The van der Waals surface area contributed by atoms with Crippen LogP contribution in [0.2, 0.25) is 0 Å². The van der Waals surface area contributed by atoms with Crippen molar-refractivity contribution in [3.63, 3.8) is 0 Å². The van der Waals surface area contributed by atoms with Crippen LogP contribution in [0.5, 0.6) is 0 Å². The Morgan fingerprint density at radius 1 is 0.709 bits per heavy atom. The zero-order valence-electron chi connectivity index (χ0n) is 31.2. The number of hydrogen-bond acceptors (Lipinski definition) is 8. The summed E-state index contributed by atoms with van der Waals surface area (Å²) in [5.41, 5.74) is 6.72. The van der Waals surface area contributed by atoms with Gasteiger partial charge in [-0.15, -0.1) is 0 Å². The average Bonchev–Trinajstić information content (AvgIpc) is 3.83. The van der Waals surface area contributed by atoms with Gasteiger partial charge in [0.2, 0.25) is 0 Å². The Kier molecular flexibility index (Phi) is 14.5. The minimum absolute atomic E-state index is 0.312. The number of anilines is 2.